The number of nitrogens with zero attached hydrogens (tertiary/aromatic N) is 2. The van der Waals surface area contributed by atoms with Crippen LogP contribution in [0.15, 0.2) is 23.0 Å². The van der Waals surface area contributed by atoms with Crippen LogP contribution >= 0.6 is 0 Å². The highest BCUT2D eigenvalue weighted by atomic mass is 35.5. The van der Waals surface area contributed by atoms with Crippen molar-refractivity contribution in [2.75, 3.05) is 21.3 Å². The van der Waals surface area contributed by atoms with Crippen LogP contribution in [0.3, 0.4) is 0 Å². The largest absolute Gasteiger partial charge is 1.00 e. The maximum Gasteiger partial charge on any atom is 0.498 e. The van der Waals surface area contributed by atoms with E-state index in [1.165, 1.54) is 0 Å². The molecule has 6 nitrogen and oxygen atoms in total. The van der Waals surface area contributed by atoms with Crippen LogP contribution in [0.5, 0.6) is 17.2 Å². The fourth-order valence-electron chi connectivity index (χ4n) is 2.48. The topological polar surface area (TPSA) is 53.6 Å². The summed E-state index contributed by atoms with van der Waals surface area (Å²) in [5.74, 6) is 1.71. The Hall–Kier alpha value is -2.47. The van der Waals surface area contributed by atoms with E-state index in [0.717, 1.165) is 17.0 Å². The summed E-state index contributed by atoms with van der Waals surface area (Å²) < 4.78 is 19.3. The summed E-state index contributed by atoms with van der Waals surface area (Å²) in [6.07, 6.45) is 3.76. The highest BCUT2D eigenvalue weighted by molar-refractivity contribution is 5.74. The number of benzene rings is 1. The van der Waals surface area contributed by atoms with Gasteiger partial charge in [0.25, 0.3) is 0 Å². The molecule has 136 valence electrons. The Balaban J connectivity index is 0.00000312. The second-order valence-electron chi connectivity index (χ2n) is 5.37. The average Bonchev–Trinajstić information content (AvgIpc) is 2.60. The third-order valence-corrected chi connectivity index (χ3v) is 4.02. The fourth-order valence-corrected chi connectivity index (χ4v) is 2.48. The maximum atomic E-state index is 12.2. The summed E-state index contributed by atoms with van der Waals surface area (Å²) in [7, 11) is 8.22. The highest BCUT2D eigenvalue weighted by Crippen LogP contribution is 2.40. The molecule has 7 heteroatoms. The molecule has 0 atom stereocenters. The van der Waals surface area contributed by atoms with Crippen molar-refractivity contribution in [3.05, 3.63) is 45.6 Å². The maximum absolute atomic E-state index is 12.2. The van der Waals surface area contributed by atoms with Crippen molar-refractivity contribution in [3.8, 4) is 17.2 Å². The second kappa shape index (κ2) is 8.58. The van der Waals surface area contributed by atoms with Gasteiger partial charge in [-0.1, -0.05) is 0 Å². The zero-order valence-electron chi connectivity index (χ0n) is 15.3. The molecule has 0 aliphatic rings. The normalized spacial score (nSPS) is 10.5. The molecule has 1 heterocycles. The van der Waals surface area contributed by atoms with Crippen molar-refractivity contribution in [2.24, 2.45) is 14.1 Å². The van der Waals surface area contributed by atoms with Crippen LogP contribution in [0.4, 0.5) is 0 Å². The van der Waals surface area contributed by atoms with Gasteiger partial charge in [-0.15, -0.1) is 0 Å². The van der Waals surface area contributed by atoms with Gasteiger partial charge in [0.05, 0.1) is 35.4 Å². The lowest BCUT2D eigenvalue weighted by molar-refractivity contribution is -0.692. The van der Waals surface area contributed by atoms with Crippen LogP contribution in [0.2, 0.25) is 0 Å². The Morgan fingerprint density at radius 3 is 2.24 bits per heavy atom. The standard InChI is InChI=1S/C18H23N2O4.ClH/c1-12-11-14(20(3)18(21)19(12)2)9-7-13-8-10-15(22-4)17(24-6)16(13)23-5;/h7-11H,1-6H3;1H/q+1;/p-1. The van der Waals surface area contributed by atoms with E-state index >= 15 is 0 Å². The van der Waals surface area contributed by atoms with Crippen molar-refractivity contribution >= 4 is 12.2 Å². The third-order valence-electron chi connectivity index (χ3n) is 4.02. The number of hydrogen-bond acceptors (Lipinski definition) is 4. The molecule has 0 spiro atoms. The summed E-state index contributed by atoms with van der Waals surface area (Å²) in [4.78, 5) is 12.2. The van der Waals surface area contributed by atoms with Gasteiger partial charge in [0, 0.05) is 11.6 Å². The fraction of sp³-hybridized carbons (Fsp3) is 0.333. The first kappa shape index (κ1) is 20.6. The van der Waals surface area contributed by atoms with Gasteiger partial charge in [0.1, 0.15) is 11.4 Å². The first-order valence-corrected chi connectivity index (χ1v) is 7.48. The number of hydrogen-bond donors (Lipinski definition) is 0. The minimum atomic E-state index is -0.0751. The Morgan fingerprint density at radius 2 is 1.68 bits per heavy atom. The van der Waals surface area contributed by atoms with Gasteiger partial charge in [0.2, 0.25) is 5.75 Å². The number of aromatic nitrogens is 2. The smallest absolute Gasteiger partial charge is 0.498 e. The third kappa shape index (κ3) is 3.96. The van der Waals surface area contributed by atoms with Crippen molar-refractivity contribution < 1.29 is 31.2 Å². The summed E-state index contributed by atoms with van der Waals surface area (Å²) >= 11 is 0. The van der Waals surface area contributed by atoms with Gasteiger partial charge in [-0.05, 0) is 31.2 Å². The van der Waals surface area contributed by atoms with Crippen molar-refractivity contribution in [3.63, 3.8) is 0 Å². The van der Waals surface area contributed by atoms with E-state index < -0.39 is 0 Å². The van der Waals surface area contributed by atoms with E-state index in [1.807, 2.05) is 37.3 Å². The molecule has 0 saturated heterocycles. The van der Waals surface area contributed by atoms with Crippen LogP contribution in [-0.4, -0.2) is 25.9 Å². The number of aryl methyl sites for hydroxylation is 1. The summed E-state index contributed by atoms with van der Waals surface area (Å²) in [5.41, 5.74) is 2.44. The molecule has 0 aliphatic heterocycles. The molecule has 1 aromatic heterocycles. The van der Waals surface area contributed by atoms with Crippen LogP contribution in [0, 0.1) is 6.92 Å². The lowest BCUT2D eigenvalue weighted by Crippen LogP contribution is -3.00. The molecule has 2 aromatic rings. The lowest BCUT2D eigenvalue weighted by Gasteiger charge is -2.14. The lowest BCUT2D eigenvalue weighted by atomic mass is 10.1. The van der Waals surface area contributed by atoms with E-state index in [0.29, 0.717) is 17.2 Å². The van der Waals surface area contributed by atoms with Crippen molar-refractivity contribution in [2.45, 2.75) is 6.92 Å². The van der Waals surface area contributed by atoms with Crippen LogP contribution < -0.4 is 36.9 Å². The molecule has 0 radical (unpaired) electrons. The van der Waals surface area contributed by atoms with E-state index in [4.69, 9.17) is 14.2 Å². The molecule has 0 fully saturated rings. The molecule has 0 N–H and O–H groups in total. The molecule has 2 rings (SSSR count). The van der Waals surface area contributed by atoms with Gasteiger partial charge < -0.3 is 26.6 Å². The summed E-state index contributed by atoms with van der Waals surface area (Å²) in [6.45, 7) is 1.90. The van der Waals surface area contributed by atoms with Gasteiger partial charge >= 0.3 is 5.69 Å². The first-order valence-electron chi connectivity index (χ1n) is 7.48. The van der Waals surface area contributed by atoms with Crippen molar-refractivity contribution in [1.82, 2.24) is 4.57 Å². The number of ether oxygens (including phenoxy) is 3. The predicted octanol–water partition coefficient (Wildman–Crippen LogP) is -1.28. The predicted molar refractivity (Wildman–Crippen MR) is 92.6 cm³/mol. The molecular formula is C18H23ClN2O4. The van der Waals surface area contributed by atoms with Crippen LogP contribution in [0.25, 0.3) is 12.2 Å². The van der Waals surface area contributed by atoms with E-state index in [2.05, 4.69) is 0 Å². The summed E-state index contributed by atoms with van der Waals surface area (Å²) in [5, 5.41) is 0. The Bertz CT molecular complexity index is 844. The Kier molecular flexibility index (Phi) is 7.06. The monoisotopic (exact) mass is 366 g/mol. The first-order chi connectivity index (χ1) is 11.4. The zero-order chi connectivity index (χ0) is 17.9. The van der Waals surface area contributed by atoms with Crippen molar-refractivity contribution in [1.29, 1.82) is 0 Å². The summed E-state index contributed by atoms with van der Waals surface area (Å²) in [6, 6.07) is 5.64. The molecule has 0 saturated carbocycles. The minimum Gasteiger partial charge on any atom is -1.00 e. The Labute approximate surface area is 153 Å². The highest BCUT2D eigenvalue weighted by Gasteiger charge is 2.15. The molecule has 1 aromatic carbocycles. The van der Waals surface area contributed by atoms with E-state index in [9.17, 15) is 4.79 Å². The minimum absolute atomic E-state index is 0. The second-order valence-corrected chi connectivity index (χ2v) is 5.37. The average molecular weight is 367 g/mol. The molecule has 0 aliphatic carbocycles. The zero-order valence-corrected chi connectivity index (χ0v) is 16.0. The SMILES string of the molecule is COc1ccc(C=Cc2cc(C)n(C)c(=O)[n+]2C)c(OC)c1OC.[Cl-]. The molecule has 25 heavy (non-hydrogen) atoms. The van der Waals surface area contributed by atoms with Gasteiger partial charge in [-0.3, -0.25) is 0 Å². The van der Waals surface area contributed by atoms with E-state index in [-0.39, 0.29) is 18.1 Å². The van der Waals surface area contributed by atoms with Gasteiger partial charge in [-0.25, -0.2) is 0 Å². The van der Waals surface area contributed by atoms with Crippen LogP contribution in [-0.2, 0) is 14.1 Å². The van der Waals surface area contributed by atoms with Gasteiger partial charge in [0.15, 0.2) is 11.5 Å². The van der Waals surface area contributed by atoms with Crippen LogP contribution in [0.1, 0.15) is 17.0 Å². The number of methoxy groups -OCH3 is 3. The Morgan fingerprint density at radius 1 is 1.04 bits per heavy atom. The number of halogens is 1. The quantitative estimate of drug-likeness (QED) is 0.619. The molecule has 0 unspecified atom stereocenters. The van der Waals surface area contributed by atoms with E-state index in [1.54, 1.807) is 44.6 Å². The molecule has 0 bridgehead atoms. The number of rotatable bonds is 5. The molecular weight excluding hydrogens is 344 g/mol. The van der Waals surface area contributed by atoms with Gasteiger partial charge in [-0.2, -0.15) is 13.9 Å². The molecule has 0 amide bonds.